The first-order chi connectivity index (χ1) is 15.9. The first-order valence-corrected chi connectivity index (χ1v) is 11.1. The van der Waals surface area contributed by atoms with Crippen LogP contribution in [0.3, 0.4) is 0 Å². The number of hydrogen-bond donors (Lipinski definition) is 1. The second-order valence-corrected chi connectivity index (χ2v) is 8.78. The number of nitrogens with zero attached hydrogens (tertiary/aromatic N) is 2. The maximum absolute atomic E-state index is 14.4. The number of aromatic amines is 1. The van der Waals surface area contributed by atoms with Gasteiger partial charge in [0, 0.05) is 22.2 Å². The van der Waals surface area contributed by atoms with Crippen LogP contribution in [0, 0.1) is 11.6 Å². The normalized spacial score (nSPS) is 11.3. The van der Waals surface area contributed by atoms with Crippen molar-refractivity contribution in [2.45, 2.75) is 6.54 Å². The summed E-state index contributed by atoms with van der Waals surface area (Å²) >= 11 is 7.69. The van der Waals surface area contributed by atoms with Crippen LogP contribution in [0.25, 0.3) is 21.1 Å². The van der Waals surface area contributed by atoms with Crippen LogP contribution in [0.4, 0.5) is 19.6 Å². The van der Waals surface area contributed by atoms with Gasteiger partial charge in [0.1, 0.15) is 5.75 Å². The molecule has 0 aliphatic rings. The van der Waals surface area contributed by atoms with E-state index in [0.29, 0.717) is 26.9 Å². The van der Waals surface area contributed by atoms with Crippen molar-refractivity contribution in [3.05, 3.63) is 93.2 Å². The van der Waals surface area contributed by atoms with E-state index < -0.39 is 17.2 Å². The van der Waals surface area contributed by atoms with Crippen molar-refractivity contribution in [2.24, 2.45) is 0 Å². The lowest BCUT2D eigenvalue weighted by Crippen LogP contribution is -2.19. The number of rotatable bonds is 5. The predicted octanol–water partition coefficient (Wildman–Crippen LogP) is 6.42. The van der Waals surface area contributed by atoms with Crippen molar-refractivity contribution in [1.29, 1.82) is 0 Å². The highest BCUT2D eigenvalue weighted by molar-refractivity contribution is 7.22. The summed E-state index contributed by atoms with van der Waals surface area (Å²) < 4.78 is 34.4. The van der Waals surface area contributed by atoms with Gasteiger partial charge in [0.05, 0.1) is 29.4 Å². The zero-order chi connectivity index (χ0) is 23.1. The number of nitrogens with one attached hydrogen (secondary N) is 1. The fraction of sp³-hybridized carbons (Fsp3) is 0.0833. The van der Waals surface area contributed by atoms with E-state index in [0.717, 1.165) is 22.0 Å². The fourth-order valence-electron chi connectivity index (χ4n) is 3.69. The van der Waals surface area contributed by atoms with E-state index in [2.05, 4.69) is 4.98 Å². The summed E-state index contributed by atoms with van der Waals surface area (Å²) in [6, 6.07) is 16.7. The molecule has 0 fully saturated rings. The Hall–Kier alpha value is -3.49. The Kier molecular flexibility index (Phi) is 5.47. The van der Waals surface area contributed by atoms with Crippen molar-refractivity contribution in [3.8, 4) is 5.75 Å². The van der Waals surface area contributed by atoms with Crippen LogP contribution < -0.4 is 15.2 Å². The third-order valence-electron chi connectivity index (χ3n) is 5.26. The number of methoxy groups -OCH3 is 1. The van der Waals surface area contributed by atoms with Crippen molar-refractivity contribution in [3.63, 3.8) is 0 Å². The molecule has 0 saturated heterocycles. The number of ether oxygens (including phenoxy) is 1. The quantitative estimate of drug-likeness (QED) is 0.313. The molecule has 3 aromatic carbocycles. The second-order valence-electron chi connectivity index (χ2n) is 7.34. The first kappa shape index (κ1) is 21.4. The van der Waals surface area contributed by atoms with E-state index in [1.807, 2.05) is 35.2 Å². The van der Waals surface area contributed by atoms with Gasteiger partial charge in [0.15, 0.2) is 16.8 Å². The zero-order valence-electron chi connectivity index (χ0n) is 17.2. The molecule has 0 aliphatic carbocycles. The van der Waals surface area contributed by atoms with Crippen molar-refractivity contribution in [2.75, 3.05) is 12.0 Å². The number of fused-ring (bicyclic) bond motifs is 2. The van der Waals surface area contributed by atoms with E-state index in [4.69, 9.17) is 21.3 Å². The molecule has 5 nitrogen and oxygen atoms in total. The molecule has 9 heteroatoms. The largest absolute Gasteiger partial charge is 0.497 e. The molecule has 0 amide bonds. The second kappa shape index (κ2) is 8.46. The molecule has 1 N–H and O–H groups in total. The number of hydrogen-bond acceptors (Lipinski definition) is 5. The van der Waals surface area contributed by atoms with E-state index in [1.165, 1.54) is 23.5 Å². The summed E-state index contributed by atoms with van der Waals surface area (Å²) in [7, 11) is 1.60. The number of halogens is 3. The summed E-state index contributed by atoms with van der Waals surface area (Å²) in [5, 5.41) is 1.59. The zero-order valence-corrected chi connectivity index (χ0v) is 18.8. The van der Waals surface area contributed by atoms with Gasteiger partial charge in [-0.3, -0.25) is 4.79 Å². The Labute approximate surface area is 195 Å². The van der Waals surface area contributed by atoms with E-state index in [1.54, 1.807) is 19.2 Å². The highest BCUT2D eigenvalue weighted by Gasteiger charge is 2.19. The van der Waals surface area contributed by atoms with Gasteiger partial charge in [-0.15, -0.1) is 0 Å². The smallest absolute Gasteiger partial charge is 0.248 e. The Morgan fingerprint density at radius 1 is 1.12 bits per heavy atom. The SMILES string of the molecule is COc1ccc2nc(N(Cc3cc(=O)[nH]c4c(F)c(F)ccc34)c3cccc(Cl)c3)sc2c1. The molecule has 0 aliphatic heterocycles. The molecule has 2 heterocycles. The molecule has 0 atom stereocenters. The summed E-state index contributed by atoms with van der Waals surface area (Å²) in [4.78, 5) is 21.3. The summed E-state index contributed by atoms with van der Waals surface area (Å²) in [5.74, 6) is -1.40. The first-order valence-electron chi connectivity index (χ1n) is 9.90. The standard InChI is InChI=1S/C24H16ClF2N3O2S/c1-32-16-5-8-19-20(11-16)33-24(28-19)30(15-4-2-3-14(25)10-15)12-13-9-21(31)29-23-17(13)6-7-18(26)22(23)27/h2-11H,12H2,1H3,(H,29,31). The Bertz CT molecular complexity index is 1570. The van der Waals surface area contributed by atoms with Gasteiger partial charge in [-0.05, 0) is 54.1 Å². The van der Waals surface area contributed by atoms with Gasteiger partial charge in [-0.1, -0.05) is 29.0 Å². The highest BCUT2D eigenvalue weighted by atomic mass is 35.5. The summed E-state index contributed by atoms with van der Waals surface area (Å²) in [5.41, 5.74) is 1.35. The van der Waals surface area contributed by atoms with Gasteiger partial charge >= 0.3 is 0 Å². The maximum atomic E-state index is 14.4. The molecule has 166 valence electrons. The molecule has 0 radical (unpaired) electrons. The van der Waals surface area contributed by atoms with Gasteiger partial charge < -0.3 is 14.6 Å². The minimum absolute atomic E-state index is 0.169. The lowest BCUT2D eigenvalue weighted by molar-refractivity contribution is 0.415. The summed E-state index contributed by atoms with van der Waals surface area (Å²) in [6.45, 7) is 0.183. The Balaban J connectivity index is 1.68. The molecule has 5 rings (SSSR count). The number of H-pyrrole nitrogens is 1. The predicted molar refractivity (Wildman–Crippen MR) is 128 cm³/mol. The monoisotopic (exact) mass is 483 g/mol. The van der Waals surface area contributed by atoms with Crippen molar-refractivity contribution < 1.29 is 13.5 Å². The molecular formula is C24H16ClF2N3O2S. The van der Waals surface area contributed by atoms with Crippen LogP contribution in [-0.2, 0) is 6.54 Å². The van der Waals surface area contributed by atoms with Crippen molar-refractivity contribution >= 4 is 54.9 Å². The Morgan fingerprint density at radius 2 is 1.97 bits per heavy atom. The van der Waals surface area contributed by atoms with Gasteiger partial charge in [-0.2, -0.15) is 0 Å². The average Bonchev–Trinajstić information content (AvgIpc) is 3.23. The molecule has 0 spiro atoms. The molecule has 5 aromatic rings. The number of anilines is 2. The van der Waals surface area contributed by atoms with Crippen LogP contribution in [-0.4, -0.2) is 17.1 Å². The Morgan fingerprint density at radius 3 is 2.76 bits per heavy atom. The van der Waals surface area contributed by atoms with Crippen LogP contribution in [0.2, 0.25) is 5.02 Å². The molecule has 0 saturated carbocycles. The van der Waals surface area contributed by atoms with Crippen LogP contribution >= 0.6 is 22.9 Å². The maximum Gasteiger partial charge on any atom is 0.248 e. The number of benzene rings is 3. The molecule has 2 aromatic heterocycles. The third kappa shape index (κ3) is 4.03. The lowest BCUT2D eigenvalue weighted by Gasteiger charge is -2.23. The topological polar surface area (TPSA) is 58.2 Å². The minimum Gasteiger partial charge on any atom is -0.497 e. The third-order valence-corrected chi connectivity index (χ3v) is 6.53. The number of thiazole rings is 1. The minimum atomic E-state index is -1.09. The van der Waals surface area contributed by atoms with Gasteiger partial charge in [0.2, 0.25) is 5.56 Å². The number of pyridine rings is 1. The fourth-order valence-corrected chi connectivity index (χ4v) is 4.88. The lowest BCUT2D eigenvalue weighted by atomic mass is 10.1. The van der Waals surface area contributed by atoms with Crippen LogP contribution in [0.15, 0.2) is 65.5 Å². The van der Waals surface area contributed by atoms with Crippen molar-refractivity contribution in [1.82, 2.24) is 9.97 Å². The van der Waals surface area contributed by atoms with Gasteiger partial charge in [0.25, 0.3) is 0 Å². The van der Waals surface area contributed by atoms with E-state index in [9.17, 15) is 13.6 Å². The molecular weight excluding hydrogens is 468 g/mol. The van der Waals surface area contributed by atoms with Crippen LogP contribution in [0.5, 0.6) is 5.75 Å². The molecule has 0 unspecified atom stereocenters. The number of aromatic nitrogens is 2. The van der Waals surface area contributed by atoms with Crippen LogP contribution in [0.1, 0.15) is 5.56 Å². The summed E-state index contributed by atoms with van der Waals surface area (Å²) in [6.07, 6.45) is 0. The molecule has 33 heavy (non-hydrogen) atoms. The molecule has 0 bridgehead atoms. The average molecular weight is 484 g/mol. The van der Waals surface area contributed by atoms with E-state index >= 15 is 0 Å². The highest BCUT2D eigenvalue weighted by Crippen LogP contribution is 2.37. The van der Waals surface area contributed by atoms with E-state index in [-0.39, 0.29) is 12.1 Å². The van der Waals surface area contributed by atoms with Gasteiger partial charge in [-0.25, -0.2) is 13.8 Å².